The van der Waals surface area contributed by atoms with Gasteiger partial charge in [-0.25, -0.2) is 0 Å². The summed E-state index contributed by atoms with van der Waals surface area (Å²) >= 11 is 0. The van der Waals surface area contributed by atoms with Crippen LogP contribution in [0.15, 0.2) is 168 Å². The number of hydrogen-bond acceptors (Lipinski definition) is 6. The van der Waals surface area contributed by atoms with Crippen molar-refractivity contribution < 1.29 is 9.47 Å². The Morgan fingerprint density at radius 1 is 0.403 bits per heavy atom. The van der Waals surface area contributed by atoms with Crippen LogP contribution in [-0.4, -0.2) is 24.6 Å². The lowest BCUT2D eigenvalue weighted by Gasteiger charge is -2.24. The molecule has 0 N–H and O–H groups in total. The quantitative estimate of drug-likeness (QED) is 0.0679. The van der Waals surface area contributed by atoms with E-state index < -0.39 is 0 Å². The number of nitrogens with zero attached hydrogens (tertiary/aromatic N) is 4. The number of hydrogen-bond donors (Lipinski definition) is 0. The number of rotatable bonds is 21. The van der Waals surface area contributed by atoms with E-state index in [0.29, 0.717) is 0 Å². The largest absolute Gasteiger partial charge is 0.493 e. The molecule has 0 amide bonds. The lowest BCUT2D eigenvalue weighted by molar-refractivity contribution is 0.302. The molecule has 0 saturated carbocycles. The average molecular weight is 823 g/mol. The van der Waals surface area contributed by atoms with E-state index in [9.17, 15) is 0 Å². The van der Waals surface area contributed by atoms with Crippen LogP contribution >= 0.6 is 0 Å². The van der Waals surface area contributed by atoms with Gasteiger partial charge in [-0.05, 0) is 86.3 Å². The van der Waals surface area contributed by atoms with Gasteiger partial charge >= 0.3 is 0 Å². The second-order valence-electron chi connectivity index (χ2n) is 16.9. The van der Waals surface area contributed by atoms with Crippen molar-refractivity contribution in [3.05, 3.63) is 191 Å². The minimum absolute atomic E-state index is 0.146. The Morgan fingerprint density at radius 3 is 1.13 bits per heavy atom. The highest BCUT2D eigenvalue weighted by atomic mass is 16.5. The van der Waals surface area contributed by atoms with Crippen molar-refractivity contribution in [2.45, 2.75) is 103 Å². The van der Waals surface area contributed by atoms with E-state index >= 15 is 0 Å². The first-order valence-corrected chi connectivity index (χ1v) is 23.0. The van der Waals surface area contributed by atoms with Gasteiger partial charge in [0.05, 0.1) is 48.1 Å². The maximum absolute atomic E-state index is 6.43. The van der Waals surface area contributed by atoms with Crippen LogP contribution in [0.1, 0.15) is 123 Å². The summed E-state index contributed by atoms with van der Waals surface area (Å²) in [6.45, 7) is 5.74. The number of ether oxygens (including phenoxy) is 2. The number of unbranched alkanes of at least 4 members (excludes halogenated alkanes) is 9. The maximum Gasteiger partial charge on any atom is 0.128 e. The van der Waals surface area contributed by atoms with E-state index in [1.165, 1.54) is 73.6 Å². The summed E-state index contributed by atoms with van der Waals surface area (Å²) in [6.07, 6.45) is 13.9. The average Bonchev–Trinajstić information content (AvgIpc) is 3.97. The van der Waals surface area contributed by atoms with Gasteiger partial charge in [0.15, 0.2) is 0 Å². The van der Waals surface area contributed by atoms with Crippen molar-refractivity contribution in [1.29, 1.82) is 0 Å². The van der Waals surface area contributed by atoms with E-state index in [1.807, 2.05) is 0 Å². The fraction of sp³-hybridized carbons (Fsp3) is 0.321. The van der Waals surface area contributed by atoms with Crippen LogP contribution < -0.4 is 19.5 Å². The van der Waals surface area contributed by atoms with Gasteiger partial charge in [0, 0.05) is 24.0 Å². The molecular formula is C56H62N4O2. The molecule has 6 nitrogen and oxygen atoms in total. The van der Waals surface area contributed by atoms with E-state index in [2.05, 4.69) is 182 Å². The lowest BCUT2D eigenvalue weighted by Crippen LogP contribution is -2.18. The first-order chi connectivity index (χ1) is 30.6. The smallest absolute Gasteiger partial charge is 0.128 e. The fourth-order valence-corrected chi connectivity index (χ4v) is 8.72. The Balaban J connectivity index is 0.721. The normalized spacial score (nSPS) is 16.0. The van der Waals surface area contributed by atoms with Crippen molar-refractivity contribution in [3.63, 3.8) is 0 Å². The highest BCUT2D eigenvalue weighted by molar-refractivity contribution is 6.06. The van der Waals surface area contributed by atoms with Gasteiger partial charge < -0.3 is 9.47 Å². The number of hydrazone groups is 2. The molecule has 318 valence electrons. The second kappa shape index (κ2) is 21.6. The highest BCUT2D eigenvalue weighted by Gasteiger charge is 2.32. The molecule has 0 aromatic heterocycles. The molecule has 0 saturated heterocycles. The Labute approximate surface area is 369 Å². The summed E-state index contributed by atoms with van der Waals surface area (Å²) in [6, 6.07) is 55.9. The summed E-state index contributed by atoms with van der Waals surface area (Å²) < 4.78 is 12.9. The zero-order valence-corrected chi connectivity index (χ0v) is 36.7. The molecule has 0 bridgehead atoms. The first kappa shape index (κ1) is 42.5. The van der Waals surface area contributed by atoms with Crippen LogP contribution in [0.4, 0.5) is 11.4 Å². The summed E-state index contributed by atoms with van der Waals surface area (Å²) in [5.74, 6) is 1.87. The van der Waals surface area contributed by atoms with Crippen molar-refractivity contribution >= 4 is 22.8 Å². The minimum Gasteiger partial charge on any atom is -0.493 e. The van der Waals surface area contributed by atoms with Crippen molar-refractivity contribution in [1.82, 2.24) is 0 Å². The van der Waals surface area contributed by atoms with Crippen LogP contribution in [0.2, 0.25) is 0 Å². The molecule has 6 aromatic carbocycles. The van der Waals surface area contributed by atoms with Gasteiger partial charge in [-0.1, -0.05) is 172 Å². The van der Waals surface area contributed by atoms with E-state index in [1.54, 1.807) is 0 Å². The second-order valence-corrected chi connectivity index (χ2v) is 16.9. The molecule has 0 aliphatic carbocycles. The van der Waals surface area contributed by atoms with Crippen LogP contribution in [0.3, 0.4) is 0 Å². The standard InChI is InChI=1S/C56H62N4O2/c1-43-31-35-45(36-32-43)53-41-51(57-59(53)47-23-13-11-14-24-47)49-27-17-19-29-55(49)61-39-21-9-7-5-3-4-6-8-10-22-40-62-56-30-20-18-28-50(56)52-42-54(46-37-33-44(2)34-38-46)60(58-52)48-25-15-12-16-26-48/h11-20,23-38,53-54H,3-10,21-22,39-42H2,1-2H3. The molecule has 0 radical (unpaired) electrons. The Hall–Kier alpha value is -6.14. The van der Waals surface area contributed by atoms with Gasteiger partial charge in [0.2, 0.25) is 0 Å². The number of anilines is 2. The predicted molar refractivity (Wildman–Crippen MR) is 258 cm³/mol. The van der Waals surface area contributed by atoms with Gasteiger partial charge in [0.25, 0.3) is 0 Å². The number of benzene rings is 6. The fourth-order valence-electron chi connectivity index (χ4n) is 8.72. The molecular weight excluding hydrogens is 761 g/mol. The molecule has 2 aliphatic rings. The highest BCUT2D eigenvalue weighted by Crippen LogP contribution is 2.40. The number of aryl methyl sites for hydroxylation is 2. The summed E-state index contributed by atoms with van der Waals surface area (Å²) in [5, 5.41) is 14.7. The van der Waals surface area contributed by atoms with Crippen LogP contribution in [-0.2, 0) is 0 Å². The Morgan fingerprint density at radius 2 is 0.742 bits per heavy atom. The molecule has 2 heterocycles. The summed E-state index contributed by atoms with van der Waals surface area (Å²) in [7, 11) is 0. The zero-order chi connectivity index (χ0) is 42.4. The molecule has 62 heavy (non-hydrogen) atoms. The maximum atomic E-state index is 6.43. The third-order valence-corrected chi connectivity index (χ3v) is 12.2. The van der Waals surface area contributed by atoms with Gasteiger partial charge in [-0.15, -0.1) is 0 Å². The van der Waals surface area contributed by atoms with Crippen LogP contribution in [0.25, 0.3) is 0 Å². The Bertz CT molecular complexity index is 2190. The SMILES string of the molecule is Cc1ccc(C2CC(c3ccccc3OCCCCCCCCCCCCOc3ccccc3C3=NN(c4ccccc4)C(c4ccc(C)cc4)C3)=NN2c2ccccc2)cc1. The molecule has 6 heteroatoms. The third kappa shape index (κ3) is 11.0. The molecule has 2 aliphatic heterocycles. The van der Waals surface area contributed by atoms with Crippen molar-refractivity contribution in [2.75, 3.05) is 23.2 Å². The Kier molecular flexibility index (Phi) is 14.8. The van der Waals surface area contributed by atoms with Gasteiger partial charge in [0.1, 0.15) is 11.5 Å². The monoisotopic (exact) mass is 822 g/mol. The third-order valence-electron chi connectivity index (χ3n) is 12.2. The van der Waals surface area contributed by atoms with Crippen LogP contribution in [0.5, 0.6) is 11.5 Å². The molecule has 0 spiro atoms. The first-order valence-electron chi connectivity index (χ1n) is 23.0. The van der Waals surface area contributed by atoms with Gasteiger partial charge in [-0.2, -0.15) is 10.2 Å². The summed E-state index contributed by atoms with van der Waals surface area (Å²) in [4.78, 5) is 0. The van der Waals surface area contributed by atoms with Crippen molar-refractivity contribution in [2.24, 2.45) is 10.2 Å². The minimum atomic E-state index is 0.146. The molecule has 2 unspecified atom stereocenters. The predicted octanol–water partition coefficient (Wildman–Crippen LogP) is 14.4. The van der Waals surface area contributed by atoms with Gasteiger partial charge in [-0.3, -0.25) is 10.0 Å². The molecule has 6 aromatic rings. The van der Waals surface area contributed by atoms with E-state index in [-0.39, 0.29) is 12.1 Å². The molecule has 8 rings (SSSR count). The molecule has 2 atom stereocenters. The van der Waals surface area contributed by atoms with Crippen molar-refractivity contribution in [3.8, 4) is 11.5 Å². The number of para-hydroxylation sites is 4. The topological polar surface area (TPSA) is 49.7 Å². The van der Waals surface area contributed by atoms with E-state index in [4.69, 9.17) is 19.7 Å². The van der Waals surface area contributed by atoms with Crippen LogP contribution in [0, 0.1) is 13.8 Å². The zero-order valence-electron chi connectivity index (χ0n) is 36.7. The summed E-state index contributed by atoms with van der Waals surface area (Å²) in [5.41, 5.74) is 11.6. The van der Waals surface area contributed by atoms with E-state index in [0.717, 1.165) is 84.3 Å². The lowest BCUT2D eigenvalue weighted by atomic mass is 9.97. The molecule has 0 fully saturated rings.